The molecule has 3 nitrogen and oxygen atoms in total. The van der Waals surface area contributed by atoms with Gasteiger partial charge >= 0.3 is 0 Å². The van der Waals surface area contributed by atoms with Crippen LogP contribution < -0.4 is 0 Å². The third-order valence-corrected chi connectivity index (χ3v) is 3.13. The molecule has 0 amide bonds. The summed E-state index contributed by atoms with van der Waals surface area (Å²) in [5, 5.41) is 0. The minimum atomic E-state index is 0.00477. The summed E-state index contributed by atoms with van der Waals surface area (Å²) in [7, 11) is 1.71. The first-order valence-corrected chi connectivity index (χ1v) is 5.59. The van der Waals surface area contributed by atoms with Gasteiger partial charge in [-0.1, -0.05) is 30.3 Å². The van der Waals surface area contributed by atoms with Crippen LogP contribution in [0.2, 0.25) is 0 Å². The lowest BCUT2D eigenvalue weighted by Crippen LogP contribution is -2.30. The van der Waals surface area contributed by atoms with Gasteiger partial charge in [0.05, 0.1) is 12.1 Å². The standard InChI is InChI=1S/C13H17NO2/c1-16-13-7-12(10-15)14(9-13)8-11-5-3-2-4-6-11/h2-6,10,12-13H,7-9H2,1H3/t12-,13-/m0/s1. The van der Waals surface area contributed by atoms with Gasteiger partial charge in [-0.2, -0.15) is 0 Å². The molecule has 3 heteroatoms. The molecular formula is C13H17NO2. The molecule has 0 radical (unpaired) electrons. The summed E-state index contributed by atoms with van der Waals surface area (Å²) in [6.45, 7) is 1.67. The van der Waals surface area contributed by atoms with Crippen molar-refractivity contribution in [1.29, 1.82) is 0 Å². The van der Waals surface area contributed by atoms with Crippen molar-refractivity contribution in [3.63, 3.8) is 0 Å². The molecule has 2 atom stereocenters. The summed E-state index contributed by atoms with van der Waals surface area (Å²) < 4.78 is 5.31. The molecule has 86 valence electrons. The highest BCUT2D eigenvalue weighted by Gasteiger charge is 2.31. The maximum absolute atomic E-state index is 11.0. The van der Waals surface area contributed by atoms with E-state index in [-0.39, 0.29) is 12.1 Å². The molecule has 1 aromatic rings. The first-order valence-electron chi connectivity index (χ1n) is 5.59. The zero-order chi connectivity index (χ0) is 11.4. The van der Waals surface area contributed by atoms with Crippen molar-refractivity contribution < 1.29 is 9.53 Å². The molecule has 0 bridgehead atoms. The number of carbonyl (C=O) groups excluding carboxylic acids is 1. The molecule has 1 saturated heterocycles. The molecule has 0 spiro atoms. The summed E-state index contributed by atoms with van der Waals surface area (Å²) in [4.78, 5) is 13.1. The van der Waals surface area contributed by atoms with Gasteiger partial charge in [-0.25, -0.2) is 0 Å². The number of carbonyl (C=O) groups is 1. The van der Waals surface area contributed by atoms with Crippen molar-refractivity contribution >= 4 is 6.29 Å². The Morgan fingerprint density at radius 2 is 2.19 bits per heavy atom. The quantitative estimate of drug-likeness (QED) is 0.718. The van der Waals surface area contributed by atoms with Gasteiger partial charge < -0.3 is 9.53 Å². The maximum Gasteiger partial charge on any atom is 0.137 e. The Morgan fingerprint density at radius 1 is 1.44 bits per heavy atom. The minimum absolute atomic E-state index is 0.00477. The van der Waals surface area contributed by atoms with Gasteiger partial charge in [-0.05, 0) is 12.0 Å². The van der Waals surface area contributed by atoms with Crippen molar-refractivity contribution in [3.8, 4) is 0 Å². The van der Waals surface area contributed by atoms with Gasteiger partial charge in [0.15, 0.2) is 0 Å². The van der Waals surface area contributed by atoms with E-state index in [0.29, 0.717) is 0 Å². The first-order chi connectivity index (χ1) is 7.83. The largest absolute Gasteiger partial charge is 0.380 e. The second kappa shape index (κ2) is 5.23. The zero-order valence-electron chi connectivity index (χ0n) is 9.50. The summed E-state index contributed by atoms with van der Waals surface area (Å²) >= 11 is 0. The molecule has 0 saturated carbocycles. The highest BCUT2D eigenvalue weighted by atomic mass is 16.5. The van der Waals surface area contributed by atoms with Gasteiger partial charge in [0.1, 0.15) is 6.29 Å². The number of rotatable bonds is 4. The number of nitrogens with zero attached hydrogens (tertiary/aromatic N) is 1. The van der Waals surface area contributed by atoms with Crippen molar-refractivity contribution in [2.45, 2.75) is 25.1 Å². The van der Waals surface area contributed by atoms with Crippen LogP contribution in [0.5, 0.6) is 0 Å². The van der Waals surface area contributed by atoms with Crippen LogP contribution in [0, 0.1) is 0 Å². The number of methoxy groups -OCH3 is 1. The Balaban J connectivity index is 2.01. The monoisotopic (exact) mass is 219 g/mol. The van der Waals surface area contributed by atoms with Gasteiger partial charge in [0.2, 0.25) is 0 Å². The molecule has 2 rings (SSSR count). The second-order valence-corrected chi connectivity index (χ2v) is 4.21. The number of benzene rings is 1. The van der Waals surface area contributed by atoms with Crippen LogP contribution in [0.25, 0.3) is 0 Å². The summed E-state index contributed by atoms with van der Waals surface area (Å²) in [6.07, 6.45) is 2.04. The zero-order valence-corrected chi connectivity index (χ0v) is 9.50. The molecular weight excluding hydrogens is 202 g/mol. The Kier molecular flexibility index (Phi) is 3.70. The van der Waals surface area contributed by atoms with E-state index in [9.17, 15) is 4.79 Å². The molecule has 1 aliphatic rings. The normalized spacial score (nSPS) is 25.8. The Hall–Kier alpha value is -1.19. The number of ether oxygens (including phenoxy) is 1. The highest BCUT2D eigenvalue weighted by Crippen LogP contribution is 2.20. The average molecular weight is 219 g/mol. The highest BCUT2D eigenvalue weighted by molar-refractivity contribution is 5.58. The summed E-state index contributed by atoms with van der Waals surface area (Å²) in [6, 6.07) is 10.2. The number of hydrogen-bond donors (Lipinski definition) is 0. The fraction of sp³-hybridized carbons (Fsp3) is 0.462. The van der Waals surface area contributed by atoms with E-state index in [1.165, 1.54) is 5.56 Å². The van der Waals surface area contributed by atoms with Crippen molar-refractivity contribution in [3.05, 3.63) is 35.9 Å². The van der Waals surface area contributed by atoms with Crippen molar-refractivity contribution in [1.82, 2.24) is 4.90 Å². The molecule has 1 heterocycles. The van der Waals surface area contributed by atoms with Crippen LogP contribution in [0.15, 0.2) is 30.3 Å². The molecule has 1 aromatic carbocycles. The van der Waals surface area contributed by atoms with E-state index in [1.807, 2.05) is 18.2 Å². The molecule has 16 heavy (non-hydrogen) atoms. The van der Waals surface area contributed by atoms with Crippen molar-refractivity contribution in [2.75, 3.05) is 13.7 Å². The Bertz CT molecular complexity index is 339. The summed E-state index contributed by atoms with van der Waals surface area (Å²) in [5.74, 6) is 0. The van der Waals surface area contributed by atoms with E-state index >= 15 is 0 Å². The Morgan fingerprint density at radius 3 is 2.81 bits per heavy atom. The lowest BCUT2D eigenvalue weighted by Gasteiger charge is -2.19. The molecule has 0 unspecified atom stereocenters. The number of likely N-dealkylation sites (tertiary alicyclic amines) is 1. The molecule has 0 aliphatic carbocycles. The number of hydrogen-bond acceptors (Lipinski definition) is 3. The van der Waals surface area contributed by atoms with Gasteiger partial charge in [-0.15, -0.1) is 0 Å². The third kappa shape index (κ3) is 2.49. The second-order valence-electron chi connectivity index (χ2n) is 4.21. The maximum atomic E-state index is 11.0. The summed E-state index contributed by atoms with van der Waals surface area (Å²) in [5.41, 5.74) is 1.24. The average Bonchev–Trinajstić information content (AvgIpc) is 2.73. The van der Waals surface area contributed by atoms with Crippen LogP contribution in [-0.4, -0.2) is 37.0 Å². The van der Waals surface area contributed by atoms with Gasteiger partial charge in [-0.3, -0.25) is 4.90 Å². The van der Waals surface area contributed by atoms with Crippen molar-refractivity contribution in [2.24, 2.45) is 0 Å². The molecule has 0 aromatic heterocycles. The fourth-order valence-electron chi connectivity index (χ4n) is 2.20. The van der Waals surface area contributed by atoms with Gasteiger partial charge in [0, 0.05) is 20.2 Å². The lowest BCUT2D eigenvalue weighted by molar-refractivity contribution is -0.111. The predicted octanol–water partition coefficient (Wildman–Crippen LogP) is 1.47. The van der Waals surface area contributed by atoms with Crippen LogP contribution in [-0.2, 0) is 16.1 Å². The van der Waals surface area contributed by atoms with Crippen LogP contribution >= 0.6 is 0 Å². The molecule has 0 N–H and O–H groups in total. The van der Waals surface area contributed by atoms with E-state index in [0.717, 1.165) is 25.8 Å². The predicted molar refractivity (Wildman–Crippen MR) is 62.1 cm³/mol. The van der Waals surface area contributed by atoms with E-state index in [1.54, 1.807) is 7.11 Å². The van der Waals surface area contributed by atoms with E-state index in [2.05, 4.69) is 17.0 Å². The smallest absolute Gasteiger partial charge is 0.137 e. The van der Waals surface area contributed by atoms with Crippen LogP contribution in [0.3, 0.4) is 0 Å². The lowest BCUT2D eigenvalue weighted by atomic mass is 10.2. The topological polar surface area (TPSA) is 29.5 Å². The number of aldehydes is 1. The van der Waals surface area contributed by atoms with Crippen LogP contribution in [0.1, 0.15) is 12.0 Å². The van der Waals surface area contributed by atoms with Crippen LogP contribution in [0.4, 0.5) is 0 Å². The molecule has 1 fully saturated rings. The third-order valence-electron chi connectivity index (χ3n) is 3.13. The molecule has 1 aliphatic heterocycles. The fourth-order valence-corrected chi connectivity index (χ4v) is 2.20. The minimum Gasteiger partial charge on any atom is -0.380 e. The Labute approximate surface area is 96.0 Å². The first kappa shape index (κ1) is 11.3. The van der Waals surface area contributed by atoms with E-state index in [4.69, 9.17) is 4.74 Å². The van der Waals surface area contributed by atoms with E-state index < -0.39 is 0 Å². The van der Waals surface area contributed by atoms with Gasteiger partial charge in [0.25, 0.3) is 0 Å². The SMILES string of the molecule is CO[C@H]1C[C@@H](C=O)N(Cc2ccccc2)C1.